The van der Waals surface area contributed by atoms with Crippen molar-refractivity contribution in [2.75, 3.05) is 5.32 Å². The Hall–Kier alpha value is -2.65. The lowest BCUT2D eigenvalue weighted by Crippen LogP contribution is -2.23. The van der Waals surface area contributed by atoms with E-state index in [1.807, 2.05) is 30.3 Å². The smallest absolute Gasteiger partial charge is 0.387 e. The topological polar surface area (TPSA) is 69.0 Å². The number of rotatable bonds is 9. The molecule has 0 saturated heterocycles. The first kappa shape index (κ1) is 22.5. The molecule has 0 bridgehead atoms. The van der Waals surface area contributed by atoms with Crippen LogP contribution >= 0.6 is 23.4 Å². The van der Waals surface area contributed by atoms with E-state index in [1.54, 1.807) is 6.92 Å². The van der Waals surface area contributed by atoms with Crippen molar-refractivity contribution < 1.29 is 18.3 Å². The number of halogens is 3. The third kappa shape index (κ3) is 5.58. The highest BCUT2D eigenvalue weighted by Crippen LogP contribution is 2.40. The number of benzene rings is 2. The van der Waals surface area contributed by atoms with Gasteiger partial charge in [-0.1, -0.05) is 53.7 Å². The predicted octanol–water partition coefficient (Wildman–Crippen LogP) is 5.58. The Balaban J connectivity index is 1.45. The van der Waals surface area contributed by atoms with Crippen LogP contribution in [0, 0.1) is 0 Å². The molecule has 1 aliphatic rings. The van der Waals surface area contributed by atoms with Crippen LogP contribution in [-0.2, 0) is 11.3 Å². The summed E-state index contributed by atoms with van der Waals surface area (Å²) in [5, 5.41) is 11.7. The minimum Gasteiger partial charge on any atom is -0.433 e. The Labute approximate surface area is 193 Å². The summed E-state index contributed by atoms with van der Waals surface area (Å²) >= 11 is 7.28. The molecule has 1 heterocycles. The van der Waals surface area contributed by atoms with Crippen LogP contribution in [0.2, 0.25) is 5.02 Å². The van der Waals surface area contributed by atoms with Gasteiger partial charge in [0.1, 0.15) is 11.6 Å². The second-order valence-electron chi connectivity index (χ2n) is 7.46. The SMILES string of the molecule is CC(Sc1nnc(C2CC2)n1Cc1ccccc1)C(=O)Nc1ccc(OC(F)F)c(Cl)c1. The van der Waals surface area contributed by atoms with E-state index in [1.165, 1.54) is 30.0 Å². The van der Waals surface area contributed by atoms with E-state index in [2.05, 4.69) is 24.8 Å². The van der Waals surface area contributed by atoms with E-state index in [0.717, 1.165) is 24.2 Å². The number of carbonyl (C=O) groups excluding carboxylic acids is 1. The number of nitrogens with zero attached hydrogens (tertiary/aromatic N) is 3. The molecule has 1 fully saturated rings. The molecule has 6 nitrogen and oxygen atoms in total. The van der Waals surface area contributed by atoms with Gasteiger partial charge in [-0.3, -0.25) is 4.79 Å². The van der Waals surface area contributed by atoms with Crippen LogP contribution in [0.1, 0.15) is 37.1 Å². The zero-order valence-electron chi connectivity index (χ0n) is 17.2. The number of alkyl halides is 2. The van der Waals surface area contributed by atoms with Gasteiger partial charge < -0.3 is 14.6 Å². The summed E-state index contributed by atoms with van der Waals surface area (Å²) in [6.07, 6.45) is 2.19. The van der Waals surface area contributed by atoms with Gasteiger partial charge in [0, 0.05) is 11.6 Å². The van der Waals surface area contributed by atoms with Gasteiger partial charge >= 0.3 is 6.61 Å². The summed E-state index contributed by atoms with van der Waals surface area (Å²) in [7, 11) is 0. The average molecular weight is 479 g/mol. The van der Waals surface area contributed by atoms with E-state index in [9.17, 15) is 13.6 Å². The molecule has 1 saturated carbocycles. The summed E-state index contributed by atoms with van der Waals surface area (Å²) in [4.78, 5) is 12.7. The fourth-order valence-electron chi connectivity index (χ4n) is 3.17. The standard InChI is InChI=1S/C22H21ClF2N4O2S/c1-13(20(30)26-16-9-10-18(17(23)11-16)31-21(24)25)32-22-28-27-19(15-7-8-15)29(22)12-14-5-3-2-4-6-14/h2-6,9-11,13,15,21H,7-8,12H2,1H3,(H,26,30). The number of carbonyl (C=O) groups is 1. The normalized spacial score (nSPS) is 14.4. The molecule has 0 spiro atoms. The molecular formula is C22H21ClF2N4O2S. The molecule has 1 aromatic heterocycles. The molecule has 1 amide bonds. The second kappa shape index (κ2) is 9.87. The van der Waals surface area contributed by atoms with E-state index in [-0.39, 0.29) is 16.7 Å². The lowest BCUT2D eigenvalue weighted by Gasteiger charge is -2.14. The predicted molar refractivity (Wildman–Crippen MR) is 120 cm³/mol. The third-order valence-electron chi connectivity index (χ3n) is 4.94. The molecule has 3 aromatic rings. The summed E-state index contributed by atoms with van der Waals surface area (Å²) in [6, 6.07) is 14.2. The van der Waals surface area contributed by atoms with Crippen LogP contribution < -0.4 is 10.1 Å². The van der Waals surface area contributed by atoms with E-state index in [4.69, 9.17) is 11.6 Å². The van der Waals surface area contributed by atoms with Crippen molar-refractivity contribution in [3.05, 3.63) is 64.9 Å². The van der Waals surface area contributed by atoms with Gasteiger partial charge in [-0.05, 0) is 43.5 Å². The van der Waals surface area contributed by atoms with Crippen LogP contribution in [0.25, 0.3) is 0 Å². The molecule has 32 heavy (non-hydrogen) atoms. The Morgan fingerprint density at radius 1 is 1.25 bits per heavy atom. The van der Waals surface area contributed by atoms with Gasteiger partial charge in [0.15, 0.2) is 5.16 Å². The van der Waals surface area contributed by atoms with Gasteiger partial charge in [-0.2, -0.15) is 8.78 Å². The molecule has 4 rings (SSSR count). The highest BCUT2D eigenvalue weighted by molar-refractivity contribution is 8.00. The van der Waals surface area contributed by atoms with Crippen molar-refractivity contribution >= 4 is 35.0 Å². The minimum atomic E-state index is -2.97. The number of aromatic nitrogens is 3. The molecule has 1 N–H and O–H groups in total. The Kier molecular flexibility index (Phi) is 6.95. The molecular weight excluding hydrogens is 458 g/mol. The number of hydrogen-bond donors (Lipinski definition) is 1. The lowest BCUT2D eigenvalue weighted by atomic mass is 10.2. The Morgan fingerprint density at radius 3 is 2.66 bits per heavy atom. The van der Waals surface area contributed by atoms with Gasteiger partial charge in [-0.15, -0.1) is 10.2 Å². The summed E-state index contributed by atoms with van der Waals surface area (Å²) in [6.45, 7) is -0.565. The number of nitrogens with one attached hydrogen (secondary N) is 1. The Morgan fingerprint density at radius 2 is 2.00 bits per heavy atom. The largest absolute Gasteiger partial charge is 0.433 e. The Bertz CT molecular complexity index is 1090. The average Bonchev–Trinajstić information content (AvgIpc) is 3.53. The maximum atomic E-state index is 12.7. The quantitative estimate of drug-likeness (QED) is 0.407. The second-order valence-corrected chi connectivity index (χ2v) is 9.17. The van der Waals surface area contributed by atoms with Gasteiger partial charge in [0.25, 0.3) is 0 Å². The maximum absolute atomic E-state index is 12.7. The van der Waals surface area contributed by atoms with Gasteiger partial charge in [-0.25, -0.2) is 0 Å². The van der Waals surface area contributed by atoms with Crippen molar-refractivity contribution in [1.82, 2.24) is 14.8 Å². The highest BCUT2D eigenvalue weighted by Gasteiger charge is 2.31. The van der Waals surface area contributed by atoms with Crippen molar-refractivity contribution in [1.29, 1.82) is 0 Å². The third-order valence-corrected chi connectivity index (χ3v) is 6.31. The highest BCUT2D eigenvalue weighted by atomic mass is 35.5. The molecule has 10 heteroatoms. The number of thioether (sulfide) groups is 1. The van der Waals surface area contributed by atoms with Crippen LogP contribution in [0.5, 0.6) is 5.75 Å². The monoisotopic (exact) mass is 478 g/mol. The minimum absolute atomic E-state index is 0.0138. The fourth-order valence-corrected chi connectivity index (χ4v) is 4.25. The molecule has 2 aromatic carbocycles. The van der Waals surface area contributed by atoms with Crippen LogP contribution in [0.4, 0.5) is 14.5 Å². The van der Waals surface area contributed by atoms with Crippen molar-refractivity contribution in [2.45, 2.75) is 49.2 Å². The first-order valence-electron chi connectivity index (χ1n) is 10.1. The van der Waals surface area contributed by atoms with E-state index in [0.29, 0.717) is 23.3 Å². The first-order chi connectivity index (χ1) is 15.4. The lowest BCUT2D eigenvalue weighted by molar-refractivity contribution is -0.115. The van der Waals surface area contributed by atoms with Gasteiger partial charge in [0.05, 0.1) is 16.8 Å². The maximum Gasteiger partial charge on any atom is 0.387 e. The van der Waals surface area contributed by atoms with E-state index >= 15 is 0 Å². The van der Waals surface area contributed by atoms with Crippen LogP contribution in [-0.4, -0.2) is 32.5 Å². The molecule has 1 unspecified atom stereocenters. The number of hydrogen-bond acceptors (Lipinski definition) is 5. The number of amides is 1. The van der Waals surface area contributed by atoms with Crippen molar-refractivity contribution in [2.24, 2.45) is 0 Å². The first-order valence-corrected chi connectivity index (χ1v) is 11.4. The summed E-state index contributed by atoms with van der Waals surface area (Å²) in [5.41, 5.74) is 1.52. The summed E-state index contributed by atoms with van der Waals surface area (Å²) < 4.78 is 31.2. The molecule has 1 atom stereocenters. The van der Waals surface area contributed by atoms with Crippen LogP contribution in [0.3, 0.4) is 0 Å². The molecule has 1 aliphatic carbocycles. The van der Waals surface area contributed by atoms with Crippen molar-refractivity contribution in [3.63, 3.8) is 0 Å². The zero-order chi connectivity index (χ0) is 22.7. The van der Waals surface area contributed by atoms with Crippen molar-refractivity contribution in [3.8, 4) is 5.75 Å². The van der Waals surface area contributed by atoms with Gasteiger partial charge in [0.2, 0.25) is 5.91 Å². The van der Waals surface area contributed by atoms with E-state index < -0.39 is 11.9 Å². The fraction of sp³-hybridized carbons (Fsp3) is 0.318. The van der Waals surface area contributed by atoms with Crippen LogP contribution in [0.15, 0.2) is 53.7 Å². The summed E-state index contributed by atoms with van der Waals surface area (Å²) in [5.74, 6) is 0.950. The molecule has 168 valence electrons. The zero-order valence-corrected chi connectivity index (χ0v) is 18.7. The molecule has 0 radical (unpaired) electrons. The molecule has 0 aliphatic heterocycles. The number of ether oxygens (including phenoxy) is 1. The number of anilines is 1.